The SMILES string of the molecule is C=C1NC(=O)C=CN1[C@@H]1O[C@@H]2CO[P@@](=O)(OCC[C@H](C)C(=O)OC(C)C)O[C@H]2[C@@]1(C)Cl. The summed E-state index contributed by atoms with van der Waals surface area (Å²) in [4.78, 5) is 23.8. The number of phosphoric acid groups is 1. The topological polar surface area (TPSA) is 113 Å². The van der Waals surface area contributed by atoms with Crippen molar-refractivity contribution in [1.29, 1.82) is 0 Å². The molecule has 3 heterocycles. The van der Waals surface area contributed by atoms with Crippen LogP contribution >= 0.6 is 19.4 Å². The highest BCUT2D eigenvalue weighted by Gasteiger charge is 2.61. The van der Waals surface area contributed by atoms with Gasteiger partial charge in [-0.15, -0.1) is 11.6 Å². The van der Waals surface area contributed by atoms with E-state index in [0.717, 1.165) is 0 Å². The molecule has 0 unspecified atom stereocenters. The van der Waals surface area contributed by atoms with Gasteiger partial charge in [0.05, 0.1) is 25.2 Å². The summed E-state index contributed by atoms with van der Waals surface area (Å²) in [7, 11) is -3.91. The Morgan fingerprint density at radius 3 is 2.84 bits per heavy atom. The lowest BCUT2D eigenvalue weighted by molar-refractivity contribution is -0.152. The van der Waals surface area contributed by atoms with Gasteiger partial charge in [0.15, 0.2) is 6.23 Å². The molecule has 1 amide bonds. The Bertz CT molecular complexity index is 817. The molecule has 1 N–H and O–H groups in total. The molecule has 0 bridgehead atoms. The minimum atomic E-state index is -3.91. The number of nitrogens with one attached hydrogen (secondary N) is 1. The van der Waals surface area contributed by atoms with Crippen LogP contribution in [0.15, 0.2) is 24.7 Å². The Labute approximate surface area is 186 Å². The number of carbonyl (C=O) groups is 2. The lowest BCUT2D eigenvalue weighted by atomic mass is 10.0. The summed E-state index contributed by atoms with van der Waals surface area (Å²) in [6.45, 7) is 10.6. The Morgan fingerprint density at radius 2 is 2.19 bits per heavy atom. The molecule has 0 spiro atoms. The number of esters is 1. The van der Waals surface area contributed by atoms with Crippen LogP contribution in [-0.4, -0.2) is 59.4 Å². The summed E-state index contributed by atoms with van der Waals surface area (Å²) < 4.78 is 40.5. The van der Waals surface area contributed by atoms with Crippen LogP contribution in [-0.2, 0) is 37.2 Å². The number of ether oxygens (including phenoxy) is 2. The van der Waals surface area contributed by atoms with Crippen molar-refractivity contribution in [3.63, 3.8) is 0 Å². The lowest BCUT2D eigenvalue weighted by Crippen LogP contribution is -2.51. The van der Waals surface area contributed by atoms with Crippen LogP contribution in [0.4, 0.5) is 0 Å². The van der Waals surface area contributed by atoms with E-state index < -0.39 is 37.1 Å². The third kappa shape index (κ3) is 5.32. The van der Waals surface area contributed by atoms with Crippen LogP contribution in [0.5, 0.6) is 0 Å². The molecule has 174 valence electrons. The predicted octanol–water partition coefficient (Wildman–Crippen LogP) is 2.64. The number of hydrogen-bond acceptors (Lipinski definition) is 9. The highest BCUT2D eigenvalue weighted by atomic mass is 35.5. The van der Waals surface area contributed by atoms with Gasteiger partial charge in [-0.1, -0.05) is 13.5 Å². The first-order valence-electron chi connectivity index (χ1n) is 10.0. The molecular weight excluding hydrogens is 451 g/mol. The van der Waals surface area contributed by atoms with E-state index in [1.807, 2.05) is 0 Å². The fourth-order valence-electron chi connectivity index (χ4n) is 3.42. The van der Waals surface area contributed by atoms with Gasteiger partial charge in [-0.05, 0) is 27.2 Å². The number of alkyl halides is 1. The molecule has 0 aromatic heterocycles. The minimum absolute atomic E-state index is 0.0238. The Kier molecular flexibility index (Phi) is 7.20. The first-order valence-corrected chi connectivity index (χ1v) is 11.9. The zero-order chi connectivity index (χ0) is 23.0. The first-order chi connectivity index (χ1) is 14.4. The highest BCUT2D eigenvalue weighted by molar-refractivity contribution is 7.48. The third-order valence-corrected chi connectivity index (χ3v) is 6.94. The average Bonchev–Trinajstić information content (AvgIpc) is 2.91. The van der Waals surface area contributed by atoms with E-state index in [2.05, 4.69) is 11.9 Å². The largest absolute Gasteiger partial charge is 0.475 e. The Balaban J connectivity index is 1.61. The first kappa shape index (κ1) is 24.2. The van der Waals surface area contributed by atoms with Crippen LogP contribution in [0.1, 0.15) is 34.1 Å². The molecule has 0 aromatic rings. The molecule has 0 radical (unpaired) electrons. The van der Waals surface area contributed by atoms with Gasteiger partial charge in [-0.25, -0.2) is 4.57 Å². The van der Waals surface area contributed by atoms with Crippen molar-refractivity contribution in [3.8, 4) is 0 Å². The molecule has 0 saturated carbocycles. The maximum absolute atomic E-state index is 13.0. The fourth-order valence-corrected chi connectivity index (χ4v) is 5.32. The van der Waals surface area contributed by atoms with Gasteiger partial charge in [0, 0.05) is 12.3 Å². The van der Waals surface area contributed by atoms with Crippen molar-refractivity contribution in [2.45, 2.75) is 63.5 Å². The van der Waals surface area contributed by atoms with Crippen LogP contribution in [0.25, 0.3) is 0 Å². The monoisotopic (exact) mass is 478 g/mol. The molecule has 12 heteroatoms. The minimum Gasteiger partial charge on any atom is -0.463 e. The molecule has 2 fully saturated rings. The smallest absolute Gasteiger partial charge is 0.463 e. The maximum atomic E-state index is 13.0. The standard InChI is InChI=1S/C19H28ClN2O8P/c1-11(2)28-17(24)12(3)7-9-26-31(25)27-10-14-16(30-31)19(5,20)18(29-14)22-8-6-15(23)21-13(22)4/h6,8,11-12,14,16,18H,4,7,9-10H2,1-3,5H3,(H,21,23)/t12-,14+,16+,18+,19+,31+/m0/s1. The van der Waals surface area contributed by atoms with E-state index in [1.54, 1.807) is 32.6 Å². The summed E-state index contributed by atoms with van der Waals surface area (Å²) in [6.07, 6.45) is 0.743. The second-order valence-electron chi connectivity index (χ2n) is 8.11. The molecule has 3 rings (SSSR count). The lowest BCUT2D eigenvalue weighted by Gasteiger charge is -2.38. The molecular formula is C19H28ClN2O8P. The maximum Gasteiger partial charge on any atom is 0.475 e. The summed E-state index contributed by atoms with van der Waals surface area (Å²) in [6, 6.07) is 0. The number of nitrogens with zero attached hydrogens (tertiary/aromatic N) is 1. The number of hydrogen-bond donors (Lipinski definition) is 1. The van der Waals surface area contributed by atoms with E-state index in [0.29, 0.717) is 5.82 Å². The van der Waals surface area contributed by atoms with Gasteiger partial charge in [0.25, 0.3) is 5.91 Å². The second-order valence-corrected chi connectivity index (χ2v) is 10.6. The summed E-state index contributed by atoms with van der Waals surface area (Å²) in [5.74, 6) is -0.802. The number of halogens is 1. The Hall–Kier alpha value is -1.42. The van der Waals surface area contributed by atoms with Crippen LogP contribution in [0, 0.1) is 5.92 Å². The van der Waals surface area contributed by atoms with Crippen LogP contribution < -0.4 is 5.32 Å². The van der Waals surface area contributed by atoms with Gasteiger partial charge in [-0.2, -0.15) is 0 Å². The molecule has 3 aliphatic heterocycles. The van der Waals surface area contributed by atoms with Crippen molar-refractivity contribution in [2.24, 2.45) is 5.92 Å². The molecule has 0 aliphatic carbocycles. The quantitative estimate of drug-likeness (QED) is 0.335. The van der Waals surface area contributed by atoms with E-state index in [9.17, 15) is 14.2 Å². The number of amides is 1. The van der Waals surface area contributed by atoms with E-state index >= 15 is 0 Å². The Morgan fingerprint density at radius 1 is 1.48 bits per heavy atom. The van der Waals surface area contributed by atoms with Crippen molar-refractivity contribution >= 4 is 31.3 Å². The van der Waals surface area contributed by atoms with Crippen molar-refractivity contribution in [2.75, 3.05) is 13.2 Å². The van der Waals surface area contributed by atoms with Crippen molar-refractivity contribution < 1.29 is 37.2 Å². The molecule has 6 atom stereocenters. The molecule has 0 aromatic carbocycles. The zero-order valence-corrected chi connectivity index (χ0v) is 19.6. The second kappa shape index (κ2) is 9.21. The van der Waals surface area contributed by atoms with Crippen molar-refractivity contribution in [3.05, 3.63) is 24.7 Å². The zero-order valence-electron chi connectivity index (χ0n) is 17.9. The number of carbonyl (C=O) groups excluding carboxylic acids is 2. The van der Waals surface area contributed by atoms with Crippen LogP contribution in [0.3, 0.4) is 0 Å². The molecule has 31 heavy (non-hydrogen) atoms. The fraction of sp³-hybridized carbons (Fsp3) is 0.684. The number of phosphoric ester groups is 1. The number of rotatable bonds is 7. The van der Waals surface area contributed by atoms with Gasteiger partial charge in [0.2, 0.25) is 0 Å². The van der Waals surface area contributed by atoms with Crippen LogP contribution in [0.2, 0.25) is 0 Å². The van der Waals surface area contributed by atoms with Crippen molar-refractivity contribution in [1.82, 2.24) is 10.2 Å². The van der Waals surface area contributed by atoms with Gasteiger partial charge >= 0.3 is 13.8 Å². The average molecular weight is 479 g/mol. The van der Waals surface area contributed by atoms with Gasteiger partial charge in [-0.3, -0.25) is 23.2 Å². The summed E-state index contributed by atoms with van der Waals surface area (Å²) >= 11 is 6.77. The highest BCUT2D eigenvalue weighted by Crippen LogP contribution is 2.59. The van der Waals surface area contributed by atoms with E-state index in [4.69, 9.17) is 34.6 Å². The van der Waals surface area contributed by atoms with E-state index in [-0.39, 0.29) is 37.6 Å². The molecule has 10 nitrogen and oxygen atoms in total. The van der Waals surface area contributed by atoms with Gasteiger partial charge < -0.3 is 19.7 Å². The third-order valence-electron chi connectivity index (χ3n) is 5.09. The predicted molar refractivity (Wildman–Crippen MR) is 111 cm³/mol. The summed E-state index contributed by atoms with van der Waals surface area (Å²) in [5, 5.41) is 2.58. The normalized spacial score (nSPS) is 36.3. The van der Waals surface area contributed by atoms with E-state index in [1.165, 1.54) is 12.3 Å². The van der Waals surface area contributed by atoms with Gasteiger partial charge in [0.1, 0.15) is 22.9 Å². The molecule has 2 saturated heterocycles. The number of fused-ring (bicyclic) bond motifs is 1. The summed E-state index contributed by atoms with van der Waals surface area (Å²) in [5.41, 5.74) is 0. The molecule has 3 aliphatic rings.